The number of ether oxygens (including phenoxy) is 3. The van der Waals surface area contributed by atoms with Crippen molar-refractivity contribution in [1.29, 1.82) is 0 Å². The molecule has 1 aliphatic heterocycles. The standard InChI is InChI=1S/C15H23N3O5/c1-4-22-15(20)14-10(2)16-17-12(14)9-18-5-6-23-11(8-18)7-13(19)21-3/h11H,4-9H2,1-3H3,(H,16,17). The molecule has 0 radical (unpaired) electrons. The highest BCUT2D eigenvalue weighted by Gasteiger charge is 2.26. The molecule has 1 fully saturated rings. The lowest BCUT2D eigenvalue weighted by atomic mass is 10.1. The molecule has 0 aromatic carbocycles. The molecular weight excluding hydrogens is 302 g/mol. The number of carbonyl (C=O) groups is 2. The average molecular weight is 325 g/mol. The van der Waals surface area contributed by atoms with E-state index in [1.165, 1.54) is 7.11 Å². The predicted molar refractivity (Wildman–Crippen MR) is 80.9 cm³/mol. The number of aromatic nitrogens is 2. The molecule has 1 saturated heterocycles. The topological polar surface area (TPSA) is 93.8 Å². The van der Waals surface area contributed by atoms with Gasteiger partial charge in [0.15, 0.2) is 0 Å². The predicted octanol–water partition coefficient (Wildman–Crippen LogP) is 0.659. The van der Waals surface area contributed by atoms with E-state index in [-0.39, 0.29) is 24.5 Å². The number of esters is 2. The molecule has 1 atom stereocenters. The summed E-state index contributed by atoms with van der Waals surface area (Å²) < 4.78 is 15.3. The maximum absolute atomic E-state index is 12.1. The number of nitrogens with zero attached hydrogens (tertiary/aromatic N) is 2. The molecule has 0 amide bonds. The van der Waals surface area contributed by atoms with Crippen LogP contribution in [0.5, 0.6) is 0 Å². The molecule has 0 bridgehead atoms. The number of carbonyl (C=O) groups excluding carboxylic acids is 2. The molecule has 8 nitrogen and oxygen atoms in total. The molecule has 8 heteroatoms. The summed E-state index contributed by atoms with van der Waals surface area (Å²) in [5, 5.41) is 7.05. The van der Waals surface area contributed by atoms with Crippen LogP contribution in [0.4, 0.5) is 0 Å². The van der Waals surface area contributed by atoms with Gasteiger partial charge in [-0.1, -0.05) is 0 Å². The number of H-pyrrole nitrogens is 1. The van der Waals surface area contributed by atoms with Crippen molar-refractivity contribution in [2.75, 3.05) is 33.4 Å². The Morgan fingerprint density at radius 1 is 1.48 bits per heavy atom. The molecule has 128 valence electrons. The smallest absolute Gasteiger partial charge is 0.341 e. The van der Waals surface area contributed by atoms with E-state index in [1.807, 2.05) is 0 Å². The largest absolute Gasteiger partial charge is 0.469 e. The summed E-state index contributed by atoms with van der Waals surface area (Å²) in [5.41, 5.74) is 1.83. The van der Waals surface area contributed by atoms with E-state index >= 15 is 0 Å². The van der Waals surface area contributed by atoms with Crippen LogP contribution in [0.2, 0.25) is 0 Å². The molecule has 1 aliphatic rings. The second-order valence-corrected chi connectivity index (χ2v) is 5.40. The minimum atomic E-state index is -0.367. The Morgan fingerprint density at radius 2 is 2.26 bits per heavy atom. The van der Waals surface area contributed by atoms with E-state index in [0.29, 0.717) is 49.8 Å². The normalized spacial score (nSPS) is 18.7. The Labute approximate surface area is 135 Å². The van der Waals surface area contributed by atoms with E-state index in [1.54, 1.807) is 13.8 Å². The summed E-state index contributed by atoms with van der Waals surface area (Å²) in [6.07, 6.45) is 0.0133. The van der Waals surface area contributed by atoms with Crippen molar-refractivity contribution in [2.45, 2.75) is 32.9 Å². The maximum Gasteiger partial charge on any atom is 0.341 e. The van der Waals surface area contributed by atoms with Crippen LogP contribution in [-0.4, -0.2) is 66.6 Å². The zero-order valence-electron chi connectivity index (χ0n) is 13.8. The number of nitrogens with one attached hydrogen (secondary N) is 1. The number of rotatable bonds is 6. The zero-order valence-corrected chi connectivity index (χ0v) is 13.8. The van der Waals surface area contributed by atoms with E-state index in [0.717, 1.165) is 0 Å². The monoisotopic (exact) mass is 325 g/mol. The Hall–Kier alpha value is -1.93. The number of methoxy groups -OCH3 is 1. The third-order valence-electron chi connectivity index (χ3n) is 3.72. The van der Waals surface area contributed by atoms with Gasteiger partial charge in [0.05, 0.1) is 38.5 Å². The highest BCUT2D eigenvalue weighted by molar-refractivity contribution is 5.91. The van der Waals surface area contributed by atoms with Gasteiger partial charge < -0.3 is 14.2 Å². The Balaban J connectivity index is 2.01. The lowest BCUT2D eigenvalue weighted by molar-refractivity contribution is -0.145. The molecule has 1 N–H and O–H groups in total. The Morgan fingerprint density at radius 3 is 2.96 bits per heavy atom. The lowest BCUT2D eigenvalue weighted by Crippen LogP contribution is -2.43. The van der Waals surface area contributed by atoms with Gasteiger partial charge in [0.25, 0.3) is 0 Å². The van der Waals surface area contributed by atoms with Crippen LogP contribution < -0.4 is 0 Å². The zero-order chi connectivity index (χ0) is 16.8. The molecular formula is C15H23N3O5. The van der Waals surface area contributed by atoms with Crippen LogP contribution in [0.3, 0.4) is 0 Å². The van der Waals surface area contributed by atoms with Gasteiger partial charge >= 0.3 is 11.9 Å². The van der Waals surface area contributed by atoms with Crippen LogP contribution in [0.1, 0.15) is 35.1 Å². The molecule has 0 spiro atoms. The van der Waals surface area contributed by atoms with E-state index in [9.17, 15) is 9.59 Å². The van der Waals surface area contributed by atoms with Crippen LogP contribution >= 0.6 is 0 Å². The van der Waals surface area contributed by atoms with Gasteiger partial charge in [0.1, 0.15) is 5.56 Å². The molecule has 2 heterocycles. The van der Waals surface area contributed by atoms with Crippen LogP contribution in [0, 0.1) is 6.92 Å². The summed E-state index contributed by atoms with van der Waals surface area (Å²) in [5.74, 6) is -0.659. The fourth-order valence-electron chi connectivity index (χ4n) is 2.60. The van der Waals surface area contributed by atoms with E-state index < -0.39 is 0 Å². The fraction of sp³-hybridized carbons (Fsp3) is 0.667. The molecule has 2 rings (SSSR count). The van der Waals surface area contributed by atoms with Gasteiger partial charge in [-0.15, -0.1) is 0 Å². The van der Waals surface area contributed by atoms with E-state index in [2.05, 4.69) is 19.8 Å². The van der Waals surface area contributed by atoms with Gasteiger partial charge in [-0.3, -0.25) is 14.8 Å². The third-order valence-corrected chi connectivity index (χ3v) is 3.72. The number of aryl methyl sites for hydroxylation is 1. The first kappa shape index (κ1) is 17.4. The summed E-state index contributed by atoms with van der Waals surface area (Å²) >= 11 is 0. The summed E-state index contributed by atoms with van der Waals surface area (Å²) in [6.45, 7) is 6.21. The number of hydrogen-bond donors (Lipinski definition) is 1. The SMILES string of the molecule is CCOC(=O)c1c(CN2CCOC(CC(=O)OC)C2)n[nH]c1C. The molecule has 1 aromatic heterocycles. The van der Waals surface area contributed by atoms with Gasteiger partial charge in [0, 0.05) is 25.3 Å². The quantitative estimate of drug-likeness (QED) is 0.768. The molecule has 1 aromatic rings. The Kier molecular flexibility index (Phi) is 6.12. The summed E-state index contributed by atoms with van der Waals surface area (Å²) in [4.78, 5) is 25.5. The first-order valence-electron chi connectivity index (χ1n) is 7.66. The first-order chi connectivity index (χ1) is 11.0. The second kappa shape index (κ2) is 8.07. The van der Waals surface area contributed by atoms with Crippen molar-refractivity contribution in [2.24, 2.45) is 0 Å². The van der Waals surface area contributed by atoms with Crippen molar-refractivity contribution in [3.05, 3.63) is 17.0 Å². The second-order valence-electron chi connectivity index (χ2n) is 5.40. The van der Waals surface area contributed by atoms with Gasteiger partial charge in [-0.05, 0) is 13.8 Å². The Bertz CT molecular complexity index is 557. The van der Waals surface area contributed by atoms with Crippen LogP contribution in [0.25, 0.3) is 0 Å². The van der Waals surface area contributed by atoms with Crippen molar-refractivity contribution >= 4 is 11.9 Å². The van der Waals surface area contributed by atoms with Crippen LogP contribution in [0.15, 0.2) is 0 Å². The molecule has 0 saturated carbocycles. The number of hydrogen-bond acceptors (Lipinski definition) is 7. The minimum Gasteiger partial charge on any atom is -0.469 e. The average Bonchev–Trinajstić information content (AvgIpc) is 2.88. The van der Waals surface area contributed by atoms with Crippen molar-refractivity contribution in [1.82, 2.24) is 15.1 Å². The lowest BCUT2D eigenvalue weighted by Gasteiger charge is -2.32. The van der Waals surface area contributed by atoms with Crippen molar-refractivity contribution in [3.63, 3.8) is 0 Å². The van der Waals surface area contributed by atoms with Gasteiger partial charge in [-0.2, -0.15) is 5.10 Å². The van der Waals surface area contributed by atoms with Crippen LogP contribution in [-0.2, 0) is 25.5 Å². The molecule has 0 aliphatic carbocycles. The van der Waals surface area contributed by atoms with Gasteiger partial charge in [-0.25, -0.2) is 4.79 Å². The van der Waals surface area contributed by atoms with E-state index in [4.69, 9.17) is 9.47 Å². The number of morpholine rings is 1. The number of aromatic amines is 1. The fourth-order valence-corrected chi connectivity index (χ4v) is 2.60. The summed E-state index contributed by atoms with van der Waals surface area (Å²) in [6, 6.07) is 0. The van der Waals surface area contributed by atoms with Gasteiger partial charge in [0.2, 0.25) is 0 Å². The van der Waals surface area contributed by atoms with Crippen molar-refractivity contribution in [3.8, 4) is 0 Å². The molecule has 23 heavy (non-hydrogen) atoms. The highest BCUT2D eigenvalue weighted by atomic mass is 16.5. The molecule has 1 unspecified atom stereocenters. The maximum atomic E-state index is 12.1. The first-order valence-corrected chi connectivity index (χ1v) is 7.66. The highest BCUT2D eigenvalue weighted by Crippen LogP contribution is 2.17. The minimum absolute atomic E-state index is 0.206. The summed E-state index contributed by atoms with van der Waals surface area (Å²) in [7, 11) is 1.36. The third kappa shape index (κ3) is 4.52. The van der Waals surface area contributed by atoms with Crippen molar-refractivity contribution < 1.29 is 23.8 Å².